The van der Waals surface area contributed by atoms with Crippen LogP contribution in [0.1, 0.15) is 11.1 Å². The number of benzene rings is 2. The van der Waals surface area contributed by atoms with Crippen molar-refractivity contribution in [1.82, 2.24) is 5.32 Å². The second-order valence-electron chi connectivity index (χ2n) is 5.07. The van der Waals surface area contributed by atoms with Crippen molar-refractivity contribution in [3.05, 3.63) is 58.5 Å². The minimum absolute atomic E-state index is 0.0638. The molecule has 3 N–H and O–H groups in total. The Morgan fingerprint density at radius 3 is 2.61 bits per heavy atom. The highest BCUT2D eigenvalue weighted by molar-refractivity contribution is 8.18. The van der Waals surface area contributed by atoms with Crippen molar-refractivity contribution >= 4 is 34.6 Å². The van der Waals surface area contributed by atoms with E-state index in [1.54, 1.807) is 48.5 Å². The average molecular weight is 326 g/mol. The SMILES string of the molecule is Cc1ccc(O)c(N=C2NC(=O)/C(=C/c3ccc(O)cc3)S2)c1. The Bertz CT molecular complexity index is 826. The Morgan fingerprint density at radius 1 is 1.13 bits per heavy atom. The highest BCUT2D eigenvalue weighted by atomic mass is 32.2. The lowest BCUT2D eigenvalue weighted by Crippen LogP contribution is -2.19. The molecule has 0 aromatic heterocycles. The van der Waals surface area contributed by atoms with Crippen molar-refractivity contribution in [2.75, 3.05) is 0 Å². The Kier molecular flexibility index (Phi) is 4.08. The lowest BCUT2D eigenvalue weighted by Gasteiger charge is -2.01. The van der Waals surface area contributed by atoms with Gasteiger partial charge < -0.3 is 15.5 Å². The first-order chi connectivity index (χ1) is 11.0. The summed E-state index contributed by atoms with van der Waals surface area (Å²) in [5.41, 5.74) is 2.19. The standard InChI is InChI=1S/C17H14N2O3S/c1-10-2-7-14(21)13(8-10)18-17-19-16(22)15(23-17)9-11-3-5-12(20)6-4-11/h2-9,20-21H,1H3,(H,18,19,22)/b15-9-. The molecule has 2 aromatic rings. The molecule has 1 aliphatic heterocycles. The Hall–Kier alpha value is -2.73. The van der Waals surface area contributed by atoms with Crippen molar-refractivity contribution in [1.29, 1.82) is 0 Å². The summed E-state index contributed by atoms with van der Waals surface area (Å²) in [7, 11) is 0. The van der Waals surface area contributed by atoms with Gasteiger partial charge in [0.1, 0.15) is 17.2 Å². The monoisotopic (exact) mass is 326 g/mol. The van der Waals surface area contributed by atoms with E-state index in [0.29, 0.717) is 15.8 Å². The lowest BCUT2D eigenvalue weighted by atomic mass is 10.2. The first-order valence-electron chi connectivity index (χ1n) is 6.89. The van der Waals surface area contributed by atoms with Gasteiger partial charge in [0.15, 0.2) is 5.17 Å². The molecule has 6 heteroatoms. The van der Waals surface area contributed by atoms with Crippen molar-refractivity contribution in [2.24, 2.45) is 4.99 Å². The summed E-state index contributed by atoms with van der Waals surface area (Å²) in [5.74, 6) is -0.00395. The van der Waals surface area contributed by atoms with Gasteiger partial charge in [-0.2, -0.15) is 0 Å². The molecular formula is C17H14N2O3S. The fourth-order valence-corrected chi connectivity index (χ4v) is 2.87. The van der Waals surface area contributed by atoms with E-state index in [2.05, 4.69) is 10.3 Å². The number of amidine groups is 1. The molecule has 0 radical (unpaired) electrons. The third kappa shape index (κ3) is 3.54. The minimum Gasteiger partial charge on any atom is -0.508 e. The zero-order chi connectivity index (χ0) is 16.4. The first-order valence-corrected chi connectivity index (χ1v) is 7.71. The number of rotatable bonds is 2. The normalized spacial score (nSPS) is 17.7. The number of phenolic OH excluding ortho intramolecular Hbond substituents is 2. The number of carbonyl (C=O) groups is 1. The fourth-order valence-electron chi connectivity index (χ4n) is 2.03. The van der Waals surface area contributed by atoms with Crippen LogP contribution in [-0.4, -0.2) is 21.3 Å². The quantitative estimate of drug-likeness (QED) is 0.740. The van der Waals surface area contributed by atoms with Crippen LogP contribution >= 0.6 is 11.8 Å². The van der Waals surface area contributed by atoms with E-state index in [4.69, 9.17) is 0 Å². The fraction of sp³-hybridized carbons (Fsp3) is 0.0588. The number of amides is 1. The van der Waals surface area contributed by atoms with Gasteiger partial charge in [0, 0.05) is 0 Å². The largest absolute Gasteiger partial charge is 0.508 e. The summed E-state index contributed by atoms with van der Waals surface area (Å²) >= 11 is 1.20. The molecule has 3 rings (SSSR count). The van der Waals surface area contributed by atoms with Crippen LogP contribution in [0, 0.1) is 6.92 Å². The number of carbonyl (C=O) groups excluding carboxylic acids is 1. The van der Waals surface area contributed by atoms with E-state index >= 15 is 0 Å². The molecule has 0 unspecified atom stereocenters. The van der Waals surface area contributed by atoms with Crippen molar-refractivity contribution in [3.63, 3.8) is 0 Å². The molecule has 116 valence electrons. The van der Waals surface area contributed by atoms with E-state index in [0.717, 1.165) is 11.1 Å². The van der Waals surface area contributed by atoms with Gasteiger partial charge in [0.25, 0.3) is 5.91 Å². The highest BCUT2D eigenvalue weighted by Crippen LogP contribution is 2.32. The van der Waals surface area contributed by atoms with Crippen LogP contribution in [0.5, 0.6) is 11.5 Å². The van der Waals surface area contributed by atoms with Gasteiger partial charge in [-0.1, -0.05) is 18.2 Å². The summed E-state index contributed by atoms with van der Waals surface area (Å²) in [6.45, 7) is 1.90. The van der Waals surface area contributed by atoms with E-state index < -0.39 is 0 Å². The molecule has 0 saturated carbocycles. The van der Waals surface area contributed by atoms with Crippen molar-refractivity contribution in [3.8, 4) is 11.5 Å². The number of hydrogen-bond donors (Lipinski definition) is 3. The number of aliphatic imine (C=N–C) groups is 1. The number of aryl methyl sites for hydroxylation is 1. The number of phenols is 2. The maximum Gasteiger partial charge on any atom is 0.264 e. The predicted octanol–water partition coefficient (Wildman–Crippen LogP) is 3.30. The number of thioether (sulfide) groups is 1. The third-order valence-corrected chi connectivity index (χ3v) is 4.10. The molecule has 1 saturated heterocycles. The van der Waals surface area contributed by atoms with E-state index in [1.807, 2.05) is 6.92 Å². The van der Waals surface area contributed by atoms with Gasteiger partial charge in [-0.15, -0.1) is 0 Å². The second kappa shape index (κ2) is 6.18. The predicted molar refractivity (Wildman–Crippen MR) is 91.8 cm³/mol. The van der Waals surface area contributed by atoms with E-state index in [9.17, 15) is 15.0 Å². The van der Waals surface area contributed by atoms with Crippen LogP contribution in [0.15, 0.2) is 52.4 Å². The molecule has 0 bridgehead atoms. The molecule has 1 amide bonds. The van der Waals surface area contributed by atoms with Crippen molar-refractivity contribution < 1.29 is 15.0 Å². The summed E-state index contributed by atoms with van der Waals surface area (Å²) < 4.78 is 0. The molecular weight excluding hydrogens is 312 g/mol. The topological polar surface area (TPSA) is 81.9 Å². The summed E-state index contributed by atoms with van der Waals surface area (Å²) in [5, 5.41) is 22.2. The zero-order valence-corrected chi connectivity index (χ0v) is 13.1. The lowest BCUT2D eigenvalue weighted by molar-refractivity contribution is -0.115. The van der Waals surface area contributed by atoms with Crippen LogP contribution in [0.2, 0.25) is 0 Å². The summed E-state index contributed by atoms with van der Waals surface area (Å²) in [6, 6.07) is 11.7. The van der Waals surface area contributed by atoms with Crippen LogP contribution in [0.3, 0.4) is 0 Å². The molecule has 0 spiro atoms. The molecule has 1 fully saturated rings. The Labute approximate surface area is 137 Å². The molecule has 5 nitrogen and oxygen atoms in total. The number of aromatic hydroxyl groups is 2. The van der Waals surface area contributed by atoms with Gasteiger partial charge in [0.2, 0.25) is 0 Å². The minimum atomic E-state index is -0.242. The van der Waals surface area contributed by atoms with E-state index in [-0.39, 0.29) is 17.4 Å². The third-order valence-electron chi connectivity index (χ3n) is 3.19. The molecule has 1 aliphatic rings. The maximum atomic E-state index is 12.0. The smallest absolute Gasteiger partial charge is 0.264 e. The van der Waals surface area contributed by atoms with Crippen LogP contribution in [-0.2, 0) is 4.79 Å². The molecule has 0 atom stereocenters. The van der Waals surface area contributed by atoms with Crippen LogP contribution in [0.4, 0.5) is 5.69 Å². The Morgan fingerprint density at radius 2 is 1.87 bits per heavy atom. The number of nitrogens with one attached hydrogen (secondary N) is 1. The van der Waals surface area contributed by atoms with Crippen LogP contribution < -0.4 is 5.32 Å². The zero-order valence-electron chi connectivity index (χ0n) is 12.3. The van der Waals surface area contributed by atoms with Gasteiger partial charge in [0.05, 0.1) is 4.91 Å². The van der Waals surface area contributed by atoms with Gasteiger partial charge in [-0.25, -0.2) is 4.99 Å². The highest BCUT2D eigenvalue weighted by Gasteiger charge is 2.24. The number of hydrogen-bond acceptors (Lipinski definition) is 5. The van der Waals surface area contributed by atoms with Gasteiger partial charge in [-0.05, 0) is 60.2 Å². The summed E-state index contributed by atoms with van der Waals surface area (Å²) in [4.78, 5) is 16.8. The van der Waals surface area contributed by atoms with Gasteiger partial charge in [-0.3, -0.25) is 4.79 Å². The molecule has 0 aliphatic carbocycles. The first kappa shape index (κ1) is 15.2. The number of nitrogens with zero attached hydrogens (tertiary/aromatic N) is 1. The molecule has 23 heavy (non-hydrogen) atoms. The van der Waals surface area contributed by atoms with Crippen molar-refractivity contribution in [2.45, 2.75) is 6.92 Å². The Balaban J connectivity index is 1.86. The second-order valence-corrected chi connectivity index (χ2v) is 6.10. The summed E-state index contributed by atoms with van der Waals surface area (Å²) in [6.07, 6.45) is 1.72. The average Bonchev–Trinajstić information content (AvgIpc) is 2.85. The maximum absolute atomic E-state index is 12.0. The molecule has 1 heterocycles. The molecule has 2 aromatic carbocycles. The van der Waals surface area contributed by atoms with Gasteiger partial charge >= 0.3 is 0 Å². The van der Waals surface area contributed by atoms with Crippen LogP contribution in [0.25, 0.3) is 6.08 Å². The van der Waals surface area contributed by atoms with E-state index in [1.165, 1.54) is 11.8 Å².